The van der Waals surface area contributed by atoms with Crippen molar-refractivity contribution in [1.82, 2.24) is 9.97 Å². The highest BCUT2D eigenvalue weighted by Crippen LogP contribution is 2.33. The van der Waals surface area contributed by atoms with Gasteiger partial charge in [0.05, 0.1) is 26.5 Å². The highest BCUT2D eigenvalue weighted by Gasteiger charge is 2.12. The molecule has 0 radical (unpaired) electrons. The molecule has 0 aliphatic heterocycles. The van der Waals surface area contributed by atoms with Crippen LogP contribution in [-0.2, 0) is 0 Å². The smallest absolute Gasteiger partial charge is 0.259 e. The zero-order chi connectivity index (χ0) is 17.3. The third kappa shape index (κ3) is 3.02. The van der Waals surface area contributed by atoms with Crippen LogP contribution in [0.2, 0.25) is 15.1 Å². The van der Waals surface area contributed by atoms with Crippen LogP contribution in [0.25, 0.3) is 22.6 Å². The van der Waals surface area contributed by atoms with Gasteiger partial charge in [0, 0.05) is 10.6 Å². The molecule has 0 saturated heterocycles. The van der Waals surface area contributed by atoms with Crippen LogP contribution in [-0.4, -0.2) is 9.97 Å². The topological polar surface area (TPSA) is 69.5 Å². The number of nitriles is 1. The molecule has 0 bridgehead atoms. The molecule has 0 aliphatic carbocycles. The van der Waals surface area contributed by atoms with Gasteiger partial charge >= 0.3 is 0 Å². The van der Waals surface area contributed by atoms with E-state index in [9.17, 15) is 10.1 Å². The molecular weight excluding hydrogens is 369 g/mol. The van der Waals surface area contributed by atoms with E-state index in [0.717, 1.165) is 0 Å². The monoisotopic (exact) mass is 375 g/mol. The zero-order valence-corrected chi connectivity index (χ0v) is 14.2. The molecule has 3 aromatic rings. The van der Waals surface area contributed by atoms with E-state index in [4.69, 9.17) is 34.8 Å². The molecule has 1 heterocycles. The maximum atomic E-state index is 12.2. The van der Waals surface area contributed by atoms with Gasteiger partial charge < -0.3 is 4.98 Å². The molecule has 2 aromatic carbocycles. The van der Waals surface area contributed by atoms with Gasteiger partial charge in [-0.2, -0.15) is 5.26 Å². The molecule has 0 atom stereocenters. The molecule has 0 spiro atoms. The van der Waals surface area contributed by atoms with Gasteiger partial charge in [-0.25, -0.2) is 4.98 Å². The first kappa shape index (κ1) is 16.5. The predicted octanol–water partition coefficient (Wildman–Crippen LogP) is 4.95. The molecule has 4 nitrogen and oxygen atoms in total. The van der Waals surface area contributed by atoms with Crippen molar-refractivity contribution in [3.63, 3.8) is 0 Å². The molecule has 24 heavy (non-hydrogen) atoms. The van der Waals surface area contributed by atoms with Crippen molar-refractivity contribution >= 4 is 57.4 Å². The molecule has 0 amide bonds. The van der Waals surface area contributed by atoms with Gasteiger partial charge in [0.25, 0.3) is 5.56 Å². The lowest BCUT2D eigenvalue weighted by atomic mass is 10.1. The Balaban J connectivity index is 2.23. The second kappa shape index (κ2) is 6.66. The van der Waals surface area contributed by atoms with Crippen molar-refractivity contribution in [2.45, 2.75) is 0 Å². The molecule has 0 saturated carbocycles. The fourth-order valence-corrected chi connectivity index (χ4v) is 2.83. The highest BCUT2D eigenvalue weighted by molar-refractivity contribution is 6.44. The van der Waals surface area contributed by atoms with E-state index in [0.29, 0.717) is 26.5 Å². The van der Waals surface area contributed by atoms with Crippen LogP contribution in [0.3, 0.4) is 0 Å². The molecule has 1 N–H and O–H groups in total. The third-order valence-corrected chi connectivity index (χ3v) is 4.51. The SMILES string of the molecule is N#C/C(=C\c1c(Cl)ccc(Cl)c1Cl)c1nc2ccccc2c(=O)[nH]1. The summed E-state index contributed by atoms with van der Waals surface area (Å²) in [5, 5.41) is 10.8. The zero-order valence-electron chi connectivity index (χ0n) is 12.0. The molecule has 0 unspecified atom stereocenters. The van der Waals surface area contributed by atoms with Crippen molar-refractivity contribution in [1.29, 1.82) is 5.26 Å². The average Bonchev–Trinajstić information content (AvgIpc) is 2.58. The van der Waals surface area contributed by atoms with Crippen LogP contribution in [0.4, 0.5) is 0 Å². The molecule has 7 heteroatoms. The number of nitrogens with zero attached hydrogens (tertiary/aromatic N) is 2. The molecule has 118 valence electrons. The number of hydrogen-bond donors (Lipinski definition) is 1. The number of aromatic amines is 1. The third-order valence-electron chi connectivity index (χ3n) is 3.36. The van der Waals surface area contributed by atoms with Gasteiger partial charge in [0.1, 0.15) is 6.07 Å². The fraction of sp³-hybridized carbons (Fsp3) is 0. The van der Waals surface area contributed by atoms with Crippen LogP contribution < -0.4 is 5.56 Å². The number of nitrogens with one attached hydrogen (secondary N) is 1. The fourth-order valence-electron chi connectivity index (χ4n) is 2.19. The Bertz CT molecular complexity index is 1080. The van der Waals surface area contributed by atoms with Crippen LogP contribution in [0.5, 0.6) is 0 Å². The summed E-state index contributed by atoms with van der Waals surface area (Å²) >= 11 is 18.3. The van der Waals surface area contributed by atoms with E-state index in [2.05, 4.69) is 9.97 Å². The Hall–Kier alpha value is -2.32. The lowest BCUT2D eigenvalue weighted by molar-refractivity contribution is 1.13. The standard InChI is InChI=1S/C17H8Cl3N3O/c18-12-5-6-13(19)15(20)11(12)7-9(8-21)16-22-14-4-2-1-3-10(14)17(24)23-16/h1-7H,(H,22,23,24)/b9-7+. The van der Waals surface area contributed by atoms with Crippen molar-refractivity contribution in [2.24, 2.45) is 0 Å². The van der Waals surface area contributed by atoms with Gasteiger partial charge in [0.2, 0.25) is 0 Å². The van der Waals surface area contributed by atoms with E-state index in [-0.39, 0.29) is 22.0 Å². The van der Waals surface area contributed by atoms with E-state index in [1.807, 2.05) is 6.07 Å². The van der Waals surface area contributed by atoms with Gasteiger partial charge in [-0.05, 0) is 30.3 Å². The number of para-hydroxylation sites is 1. The minimum atomic E-state index is -0.333. The molecule has 3 rings (SSSR count). The Morgan fingerprint density at radius 3 is 2.58 bits per heavy atom. The minimum Gasteiger partial charge on any atom is -0.305 e. The molecule has 1 aromatic heterocycles. The van der Waals surface area contributed by atoms with Crippen molar-refractivity contribution in [2.75, 3.05) is 0 Å². The van der Waals surface area contributed by atoms with Gasteiger partial charge in [-0.1, -0.05) is 46.9 Å². The van der Waals surface area contributed by atoms with E-state index in [1.165, 1.54) is 6.08 Å². The Labute approximate surface area is 151 Å². The van der Waals surface area contributed by atoms with Crippen molar-refractivity contribution < 1.29 is 0 Å². The summed E-state index contributed by atoms with van der Waals surface area (Å²) in [5.41, 5.74) is 0.655. The van der Waals surface area contributed by atoms with Gasteiger partial charge in [-0.15, -0.1) is 0 Å². The Morgan fingerprint density at radius 2 is 1.83 bits per heavy atom. The lowest BCUT2D eigenvalue weighted by Gasteiger charge is -2.06. The van der Waals surface area contributed by atoms with Gasteiger partial charge in [-0.3, -0.25) is 4.79 Å². The normalized spacial score (nSPS) is 11.5. The molecular formula is C17H8Cl3N3O. The summed E-state index contributed by atoms with van der Waals surface area (Å²) in [6.07, 6.45) is 1.45. The summed E-state index contributed by atoms with van der Waals surface area (Å²) in [5.74, 6) is 0.133. The largest absolute Gasteiger partial charge is 0.305 e. The van der Waals surface area contributed by atoms with E-state index < -0.39 is 0 Å². The number of allylic oxidation sites excluding steroid dienone is 1. The first-order valence-corrected chi connectivity index (χ1v) is 7.89. The summed E-state index contributed by atoms with van der Waals surface area (Å²) in [6.45, 7) is 0. The number of fused-ring (bicyclic) bond motifs is 1. The number of aromatic nitrogens is 2. The number of rotatable bonds is 2. The highest BCUT2D eigenvalue weighted by atomic mass is 35.5. The molecule has 0 aliphatic rings. The Morgan fingerprint density at radius 1 is 1.12 bits per heavy atom. The maximum absolute atomic E-state index is 12.2. The lowest BCUT2D eigenvalue weighted by Crippen LogP contribution is -2.11. The van der Waals surface area contributed by atoms with E-state index in [1.54, 1.807) is 36.4 Å². The predicted molar refractivity (Wildman–Crippen MR) is 97.3 cm³/mol. The van der Waals surface area contributed by atoms with Crippen LogP contribution in [0.1, 0.15) is 11.4 Å². The second-order valence-corrected chi connectivity index (χ2v) is 6.05. The maximum Gasteiger partial charge on any atom is 0.259 e. The summed E-state index contributed by atoms with van der Waals surface area (Å²) < 4.78 is 0. The van der Waals surface area contributed by atoms with Gasteiger partial charge in [0.15, 0.2) is 5.82 Å². The quantitative estimate of drug-likeness (QED) is 0.508. The summed E-state index contributed by atoms with van der Waals surface area (Å²) in [4.78, 5) is 19.1. The second-order valence-electron chi connectivity index (χ2n) is 4.86. The van der Waals surface area contributed by atoms with Crippen molar-refractivity contribution in [3.05, 3.63) is 73.2 Å². The number of H-pyrrole nitrogens is 1. The summed E-state index contributed by atoms with van der Waals surface area (Å²) in [6, 6.07) is 12.0. The van der Waals surface area contributed by atoms with E-state index >= 15 is 0 Å². The van der Waals surface area contributed by atoms with Crippen molar-refractivity contribution in [3.8, 4) is 6.07 Å². The molecule has 0 fully saturated rings. The van der Waals surface area contributed by atoms with Crippen LogP contribution in [0.15, 0.2) is 41.2 Å². The van der Waals surface area contributed by atoms with Crippen LogP contribution in [0, 0.1) is 11.3 Å². The Kier molecular flexibility index (Phi) is 4.59. The number of hydrogen-bond acceptors (Lipinski definition) is 3. The summed E-state index contributed by atoms with van der Waals surface area (Å²) in [7, 11) is 0. The van der Waals surface area contributed by atoms with Crippen LogP contribution >= 0.6 is 34.8 Å². The number of benzene rings is 2. The minimum absolute atomic E-state index is 0.115. The first-order valence-electron chi connectivity index (χ1n) is 6.76. The number of halogens is 3. The average molecular weight is 377 g/mol. The first-order chi connectivity index (χ1) is 11.5.